The summed E-state index contributed by atoms with van der Waals surface area (Å²) in [5, 5.41) is 3.86. The predicted octanol–water partition coefficient (Wildman–Crippen LogP) is 5.44. The van der Waals surface area contributed by atoms with Crippen LogP contribution in [0, 0.1) is 5.41 Å². The smallest absolute Gasteiger partial charge is 0.410 e. The first-order chi connectivity index (χ1) is 18.1. The van der Waals surface area contributed by atoms with Crippen LogP contribution in [0.4, 0.5) is 15.7 Å². The number of nitrogens with zero attached hydrogens (tertiary/aromatic N) is 4. The second kappa shape index (κ2) is 9.11. The minimum Gasteiger partial charge on any atom is -0.444 e. The highest BCUT2D eigenvalue weighted by atomic mass is 32.1. The summed E-state index contributed by atoms with van der Waals surface area (Å²) in [7, 11) is 0. The van der Waals surface area contributed by atoms with E-state index < -0.39 is 5.60 Å². The number of amides is 3. The van der Waals surface area contributed by atoms with Crippen LogP contribution in [-0.2, 0) is 9.53 Å². The predicted molar refractivity (Wildman–Crippen MR) is 147 cm³/mol. The van der Waals surface area contributed by atoms with Crippen molar-refractivity contribution in [2.24, 2.45) is 5.41 Å². The Balaban J connectivity index is 1.19. The van der Waals surface area contributed by atoms with Gasteiger partial charge in [0.15, 0.2) is 0 Å². The minimum absolute atomic E-state index is 0.0686. The number of aromatic nitrogens is 2. The lowest BCUT2D eigenvalue weighted by Gasteiger charge is -2.46. The van der Waals surface area contributed by atoms with Crippen LogP contribution in [-0.4, -0.2) is 57.6 Å². The molecule has 1 aliphatic carbocycles. The number of hydrogen-bond donors (Lipinski definition) is 1. The molecule has 38 heavy (non-hydrogen) atoms. The van der Waals surface area contributed by atoms with Crippen LogP contribution < -0.4 is 10.2 Å². The fraction of sp³-hybridized carbons (Fsp3) is 0.500. The standard InChI is InChI=1S/C28H33N5O4S/c1-27(2,3)37-26(36)31-14-12-28(17-31)15-18(16-28)33-20-8-5-4-7-19(20)29-25(33)30-24(35)21-10-11-23(38-21)32-13-6-9-22(32)34/h4-5,7-8,10-11,18H,6,9,12-17H2,1-3H3,(H,29,30,35)/t18-,28-. The molecule has 3 aromatic rings. The van der Waals surface area contributed by atoms with Crippen molar-refractivity contribution in [2.75, 3.05) is 29.9 Å². The van der Waals surface area contributed by atoms with Gasteiger partial charge in [-0.05, 0) is 76.1 Å². The summed E-state index contributed by atoms with van der Waals surface area (Å²) in [5.41, 5.74) is 1.38. The molecule has 3 fully saturated rings. The molecule has 1 saturated carbocycles. The number of ether oxygens (including phenoxy) is 1. The van der Waals surface area contributed by atoms with E-state index >= 15 is 0 Å². The molecule has 3 amide bonds. The zero-order valence-electron chi connectivity index (χ0n) is 22.0. The monoisotopic (exact) mass is 535 g/mol. The molecule has 6 rings (SSSR count). The van der Waals surface area contributed by atoms with Gasteiger partial charge in [-0.1, -0.05) is 12.1 Å². The van der Waals surface area contributed by atoms with E-state index in [-0.39, 0.29) is 29.4 Å². The summed E-state index contributed by atoms with van der Waals surface area (Å²) in [5.74, 6) is 0.414. The number of imidazole rings is 1. The van der Waals surface area contributed by atoms with Gasteiger partial charge in [-0.15, -0.1) is 11.3 Å². The van der Waals surface area contributed by atoms with Gasteiger partial charge < -0.3 is 19.1 Å². The van der Waals surface area contributed by atoms with Gasteiger partial charge in [-0.2, -0.15) is 0 Å². The van der Waals surface area contributed by atoms with Crippen LogP contribution >= 0.6 is 11.3 Å². The molecule has 2 aliphatic heterocycles. The molecule has 3 aliphatic rings. The molecular formula is C28H33N5O4S. The van der Waals surface area contributed by atoms with Gasteiger partial charge in [-0.25, -0.2) is 9.78 Å². The number of fused-ring (bicyclic) bond motifs is 1. The van der Waals surface area contributed by atoms with E-state index in [2.05, 4.69) is 9.88 Å². The molecule has 9 nitrogen and oxygen atoms in total. The first kappa shape index (κ1) is 24.9. The summed E-state index contributed by atoms with van der Waals surface area (Å²) in [6.45, 7) is 7.76. The van der Waals surface area contributed by atoms with Crippen molar-refractivity contribution in [1.82, 2.24) is 14.5 Å². The average molecular weight is 536 g/mol. The van der Waals surface area contributed by atoms with Crippen LogP contribution in [0.3, 0.4) is 0 Å². The fourth-order valence-electron chi connectivity index (χ4n) is 6.01. The van der Waals surface area contributed by atoms with Crippen molar-refractivity contribution < 1.29 is 19.1 Å². The zero-order valence-corrected chi connectivity index (χ0v) is 22.8. The fourth-order valence-corrected chi connectivity index (χ4v) is 6.96. The van der Waals surface area contributed by atoms with Crippen molar-refractivity contribution in [1.29, 1.82) is 0 Å². The Labute approximate surface area is 225 Å². The number of para-hydroxylation sites is 2. The van der Waals surface area contributed by atoms with Gasteiger partial charge in [0.1, 0.15) is 5.60 Å². The van der Waals surface area contributed by atoms with E-state index in [1.807, 2.05) is 56.0 Å². The molecule has 1 spiro atoms. The van der Waals surface area contributed by atoms with E-state index in [1.165, 1.54) is 11.3 Å². The van der Waals surface area contributed by atoms with E-state index in [4.69, 9.17) is 9.72 Å². The Morgan fingerprint density at radius 3 is 2.66 bits per heavy atom. The highest BCUT2D eigenvalue weighted by Crippen LogP contribution is 2.55. The van der Waals surface area contributed by atoms with Crippen molar-refractivity contribution in [2.45, 2.75) is 64.5 Å². The van der Waals surface area contributed by atoms with Crippen LogP contribution in [0.1, 0.15) is 68.6 Å². The van der Waals surface area contributed by atoms with Gasteiger partial charge in [0.2, 0.25) is 11.9 Å². The minimum atomic E-state index is -0.509. The number of likely N-dealkylation sites (tertiary alicyclic amines) is 1. The first-order valence-electron chi connectivity index (χ1n) is 13.3. The van der Waals surface area contributed by atoms with Gasteiger partial charge in [-0.3, -0.25) is 14.9 Å². The Hall–Kier alpha value is -3.40. The number of carbonyl (C=O) groups is 3. The maximum atomic E-state index is 13.2. The number of benzene rings is 1. The summed E-state index contributed by atoms with van der Waals surface area (Å²) < 4.78 is 7.73. The normalized spacial score (nSPS) is 23.3. The van der Waals surface area contributed by atoms with Crippen LogP contribution in [0.5, 0.6) is 0 Å². The maximum absolute atomic E-state index is 13.2. The third-order valence-corrected chi connectivity index (χ3v) is 8.88. The largest absolute Gasteiger partial charge is 0.444 e. The highest BCUT2D eigenvalue weighted by Gasteiger charge is 2.51. The van der Waals surface area contributed by atoms with Crippen molar-refractivity contribution in [3.05, 3.63) is 41.3 Å². The second-order valence-corrected chi connectivity index (χ2v) is 12.8. The molecule has 0 radical (unpaired) electrons. The SMILES string of the molecule is CC(C)(C)OC(=O)N1CC[C@]2(C1)C[C@H](n1c(NC(=O)c3ccc(N4CCCC4=O)s3)nc3ccccc31)C2. The zero-order chi connectivity index (χ0) is 26.7. The molecule has 10 heteroatoms. The molecular weight excluding hydrogens is 502 g/mol. The molecule has 0 bridgehead atoms. The van der Waals surface area contributed by atoms with Crippen molar-refractivity contribution >= 4 is 51.2 Å². The lowest BCUT2D eigenvalue weighted by Crippen LogP contribution is -2.43. The lowest BCUT2D eigenvalue weighted by atomic mass is 9.65. The summed E-state index contributed by atoms with van der Waals surface area (Å²) >= 11 is 1.33. The average Bonchev–Trinajstić information content (AvgIpc) is 3.61. The lowest BCUT2D eigenvalue weighted by molar-refractivity contribution is -0.117. The third kappa shape index (κ3) is 4.55. The first-order valence-corrected chi connectivity index (χ1v) is 14.1. The molecule has 0 atom stereocenters. The van der Waals surface area contributed by atoms with Crippen LogP contribution in [0.2, 0.25) is 0 Å². The molecule has 1 N–H and O–H groups in total. The summed E-state index contributed by atoms with van der Waals surface area (Å²) in [6, 6.07) is 11.7. The Bertz CT molecular complexity index is 1410. The van der Waals surface area contributed by atoms with Gasteiger partial charge in [0.25, 0.3) is 5.91 Å². The van der Waals surface area contributed by atoms with E-state index in [0.29, 0.717) is 36.9 Å². The maximum Gasteiger partial charge on any atom is 0.410 e. The van der Waals surface area contributed by atoms with E-state index in [9.17, 15) is 14.4 Å². The number of hydrogen-bond acceptors (Lipinski definition) is 6. The Kier molecular flexibility index (Phi) is 5.97. The molecule has 0 unspecified atom stereocenters. The number of nitrogens with one attached hydrogen (secondary N) is 1. The number of rotatable bonds is 4. The molecule has 1 aromatic carbocycles. The second-order valence-electron chi connectivity index (χ2n) is 11.7. The summed E-state index contributed by atoms with van der Waals surface area (Å²) in [4.78, 5) is 46.9. The molecule has 200 valence electrons. The quantitative estimate of drug-likeness (QED) is 0.480. The van der Waals surface area contributed by atoms with Crippen molar-refractivity contribution in [3.63, 3.8) is 0 Å². The molecule has 4 heterocycles. The van der Waals surface area contributed by atoms with Crippen LogP contribution in [0.25, 0.3) is 11.0 Å². The van der Waals surface area contributed by atoms with Gasteiger partial charge in [0.05, 0.1) is 20.9 Å². The van der Waals surface area contributed by atoms with Crippen LogP contribution in [0.15, 0.2) is 36.4 Å². The van der Waals surface area contributed by atoms with Crippen molar-refractivity contribution in [3.8, 4) is 0 Å². The number of thiophene rings is 1. The summed E-state index contributed by atoms with van der Waals surface area (Å²) in [6.07, 6.45) is 3.93. The molecule has 2 saturated heterocycles. The molecule has 2 aromatic heterocycles. The van der Waals surface area contributed by atoms with E-state index in [0.717, 1.165) is 41.7 Å². The third-order valence-electron chi connectivity index (χ3n) is 7.77. The number of anilines is 2. The number of carbonyl (C=O) groups excluding carboxylic acids is 3. The highest BCUT2D eigenvalue weighted by molar-refractivity contribution is 7.18. The van der Waals surface area contributed by atoms with E-state index in [1.54, 1.807) is 11.0 Å². The topological polar surface area (TPSA) is 96.8 Å². The Morgan fingerprint density at radius 1 is 1.13 bits per heavy atom. The van der Waals surface area contributed by atoms with Gasteiger partial charge >= 0.3 is 6.09 Å². The van der Waals surface area contributed by atoms with Gasteiger partial charge in [0, 0.05) is 32.1 Å². The Morgan fingerprint density at radius 2 is 1.92 bits per heavy atom.